The van der Waals surface area contributed by atoms with Crippen LogP contribution in [0, 0.1) is 18.8 Å². The molecule has 2 bridgehead atoms. The molecule has 3 saturated heterocycles. The lowest BCUT2D eigenvalue weighted by molar-refractivity contribution is -0.140. The van der Waals surface area contributed by atoms with Crippen molar-refractivity contribution in [3.05, 3.63) is 28.8 Å². The molecule has 186 valence electrons. The van der Waals surface area contributed by atoms with Gasteiger partial charge in [0, 0.05) is 24.4 Å². The molecule has 1 aromatic rings. The van der Waals surface area contributed by atoms with Crippen molar-refractivity contribution in [2.75, 3.05) is 25.0 Å². The fraction of sp³-hybridized carbons (Fsp3) is 0.640. The van der Waals surface area contributed by atoms with Crippen molar-refractivity contribution in [3.8, 4) is 0 Å². The van der Waals surface area contributed by atoms with Crippen molar-refractivity contribution >= 4 is 46.8 Å². The summed E-state index contributed by atoms with van der Waals surface area (Å²) >= 11 is 8.05. The number of likely N-dealkylation sites (tertiary alicyclic amines) is 1. The number of hydrogen-bond donors (Lipinski definition) is 3. The third kappa shape index (κ3) is 4.01. The highest BCUT2D eigenvalue weighted by atomic mass is 35.5. The Kier molecular flexibility index (Phi) is 7.23. The number of carbonyl (C=O) groups excluding carboxylic acids is 3. The average molecular weight is 508 g/mol. The maximum Gasteiger partial charge on any atom is 0.248 e. The van der Waals surface area contributed by atoms with E-state index in [0.717, 1.165) is 18.4 Å². The van der Waals surface area contributed by atoms with Gasteiger partial charge in [-0.2, -0.15) is 0 Å². The zero-order valence-electron chi connectivity index (χ0n) is 20.0. The van der Waals surface area contributed by atoms with Crippen LogP contribution in [0.5, 0.6) is 0 Å². The van der Waals surface area contributed by atoms with Crippen molar-refractivity contribution in [3.63, 3.8) is 0 Å². The van der Waals surface area contributed by atoms with Gasteiger partial charge in [0.2, 0.25) is 17.7 Å². The summed E-state index contributed by atoms with van der Waals surface area (Å²) in [7, 11) is 0. The normalized spacial score (nSPS) is 31.6. The van der Waals surface area contributed by atoms with Gasteiger partial charge in [0.05, 0.1) is 27.3 Å². The molecule has 9 heteroatoms. The molecule has 4 rings (SSSR count). The van der Waals surface area contributed by atoms with Gasteiger partial charge in [-0.3, -0.25) is 14.4 Å². The molecule has 0 aromatic heterocycles. The molecule has 3 fully saturated rings. The standard InChI is InChI=1S/C25H34ClN3O4S/c1-4-12-27-21(31)17-18-23(33)29(13-5-6-14-30)20(25(18)11-10-24(17,3)34-25)22(32)28-19-15(2)8-7-9-16(19)26/h7-9,17-18,20,30H,4-6,10-14H2,1-3H3,(H,27,31)(H,28,32)/t17-,18-,20?,24+,25?/m0/s1. The number of unbranched alkanes of at least 4 members (excludes halogenated alkanes) is 1. The number of nitrogens with zero attached hydrogens (tertiary/aromatic N) is 1. The highest BCUT2D eigenvalue weighted by Gasteiger charge is 2.76. The molecule has 7 nitrogen and oxygen atoms in total. The van der Waals surface area contributed by atoms with Crippen molar-refractivity contribution in [2.24, 2.45) is 11.8 Å². The molecule has 3 aliphatic heterocycles. The number of aliphatic hydroxyl groups excluding tert-OH is 1. The first-order valence-electron chi connectivity index (χ1n) is 12.2. The molecule has 3 aliphatic rings. The lowest BCUT2D eigenvalue weighted by Gasteiger charge is -2.35. The average Bonchev–Trinajstić information content (AvgIpc) is 3.36. The minimum Gasteiger partial charge on any atom is -0.396 e. The zero-order valence-corrected chi connectivity index (χ0v) is 21.6. The van der Waals surface area contributed by atoms with Crippen LogP contribution in [0.4, 0.5) is 5.69 Å². The molecule has 5 atom stereocenters. The summed E-state index contributed by atoms with van der Waals surface area (Å²) in [5, 5.41) is 15.7. The highest BCUT2D eigenvalue weighted by molar-refractivity contribution is 8.02. The number of amides is 3. The molecule has 0 aliphatic carbocycles. The van der Waals surface area contributed by atoms with Crippen LogP contribution in [0.25, 0.3) is 0 Å². The first-order valence-corrected chi connectivity index (χ1v) is 13.3. The first kappa shape index (κ1) is 25.3. The second kappa shape index (κ2) is 9.70. The minimum absolute atomic E-state index is 0.0289. The molecule has 3 N–H and O–H groups in total. The second-order valence-electron chi connectivity index (χ2n) is 9.90. The van der Waals surface area contributed by atoms with Crippen molar-refractivity contribution in [1.29, 1.82) is 0 Å². The molecule has 0 saturated carbocycles. The number of aryl methyl sites for hydroxylation is 1. The molecule has 0 radical (unpaired) electrons. The Morgan fingerprint density at radius 1 is 1.26 bits per heavy atom. The molecule has 2 unspecified atom stereocenters. The number of rotatable bonds is 9. The predicted molar refractivity (Wildman–Crippen MR) is 135 cm³/mol. The van der Waals surface area contributed by atoms with Gasteiger partial charge in [-0.25, -0.2) is 0 Å². The summed E-state index contributed by atoms with van der Waals surface area (Å²) in [6, 6.07) is 4.74. The third-order valence-electron chi connectivity index (χ3n) is 7.63. The summed E-state index contributed by atoms with van der Waals surface area (Å²) in [4.78, 5) is 42.6. The maximum atomic E-state index is 13.9. The van der Waals surface area contributed by atoms with E-state index in [0.29, 0.717) is 43.1 Å². The number of benzene rings is 1. The second-order valence-corrected chi connectivity index (χ2v) is 12.2. The lowest BCUT2D eigenvalue weighted by Crippen LogP contribution is -2.52. The lowest BCUT2D eigenvalue weighted by atomic mass is 9.66. The largest absolute Gasteiger partial charge is 0.396 e. The molecular formula is C25H34ClN3O4S. The number of hydrogen-bond acceptors (Lipinski definition) is 5. The van der Waals surface area contributed by atoms with E-state index < -0.39 is 22.6 Å². The van der Waals surface area contributed by atoms with Crippen molar-refractivity contribution in [1.82, 2.24) is 10.2 Å². The van der Waals surface area contributed by atoms with Gasteiger partial charge in [0.25, 0.3) is 0 Å². The van der Waals surface area contributed by atoms with Gasteiger partial charge in [0.1, 0.15) is 6.04 Å². The number of para-hydroxylation sites is 1. The number of nitrogens with one attached hydrogen (secondary N) is 2. The van der Waals surface area contributed by atoms with Gasteiger partial charge in [-0.15, -0.1) is 11.8 Å². The molecule has 34 heavy (non-hydrogen) atoms. The van der Waals surface area contributed by atoms with E-state index in [9.17, 15) is 19.5 Å². The van der Waals surface area contributed by atoms with E-state index in [1.165, 1.54) is 0 Å². The van der Waals surface area contributed by atoms with E-state index in [-0.39, 0.29) is 29.1 Å². The number of halogens is 1. The van der Waals surface area contributed by atoms with Crippen molar-refractivity contribution < 1.29 is 19.5 Å². The number of carbonyl (C=O) groups is 3. The Morgan fingerprint density at radius 3 is 2.71 bits per heavy atom. The summed E-state index contributed by atoms with van der Waals surface area (Å²) in [5.41, 5.74) is 1.40. The quantitative estimate of drug-likeness (QED) is 0.445. The fourth-order valence-electron chi connectivity index (χ4n) is 6.10. The Bertz CT molecular complexity index is 971. The van der Waals surface area contributed by atoms with Gasteiger partial charge in [0.15, 0.2) is 0 Å². The smallest absolute Gasteiger partial charge is 0.248 e. The number of anilines is 1. The molecule has 1 spiro atoms. The van der Waals surface area contributed by atoms with E-state index in [1.807, 2.05) is 26.0 Å². The van der Waals surface area contributed by atoms with Crippen LogP contribution < -0.4 is 10.6 Å². The number of thioether (sulfide) groups is 1. The van der Waals surface area contributed by atoms with Gasteiger partial charge >= 0.3 is 0 Å². The number of fused-ring (bicyclic) bond motifs is 1. The summed E-state index contributed by atoms with van der Waals surface area (Å²) < 4.78 is -1.04. The molecule has 1 aromatic carbocycles. The third-order valence-corrected chi connectivity index (χ3v) is 9.93. The van der Waals surface area contributed by atoms with Crippen LogP contribution in [0.2, 0.25) is 5.02 Å². The van der Waals surface area contributed by atoms with Crippen LogP contribution in [0.3, 0.4) is 0 Å². The van der Waals surface area contributed by atoms with E-state index >= 15 is 0 Å². The number of aliphatic hydroxyl groups is 1. The van der Waals surface area contributed by atoms with Gasteiger partial charge in [-0.05, 0) is 57.6 Å². The Hall–Kier alpha value is -1.77. The summed E-state index contributed by atoms with van der Waals surface area (Å²) in [6.07, 6.45) is 3.45. The van der Waals surface area contributed by atoms with Crippen LogP contribution in [0.15, 0.2) is 18.2 Å². The SMILES string of the molecule is CCCNC(=O)[C@@H]1[C@H]2C(=O)N(CCCCO)C(C(=O)Nc3c(C)cccc3Cl)C23CC[C@@]1(C)S3. The van der Waals surface area contributed by atoms with Crippen LogP contribution in [0.1, 0.15) is 51.5 Å². The highest BCUT2D eigenvalue weighted by Crippen LogP contribution is 2.71. The van der Waals surface area contributed by atoms with Gasteiger partial charge in [-0.1, -0.05) is 30.7 Å². The van der Waals surface area contributed by atoms with E-state index in [1.54, 1.807) is 22.7 Å². The Labute approximate surface area is 210 Å². The zero-order chi connectivity index (χ0) is 24.7. The predicted octanol–water partition coefficient (Wildman–Crippen LogP) is 3.37. The monoisotopic (exact) mass is 507 g/mol. The van der Waals surface area contributed by atoms with E-state index in [4.69, 9.17) is 11.6 Å². The summed E-state index contributed by atoms with van der Waals surface area (Å²) in [5.74, 6) is -1.48. The van der Waals surface area contributed by atoms with Crippen LogP contribution >= 0.6 is 23.4 Å². The van der Waals surface area contributed by atoms with E-state index in [2.05, 4.69) is 17.6 Å². The fourth-order valence-corrected chi connectivity index (χ4v) is 8.73. The topological polar surface area (TPSA) is 98.7 Å². The van der Waals surface area contributed by atoms with Crippen molar-refractivity contribution in [2.45, 2.75) is 68.4 Å². The Morgan fingerprint density at radius 2 is 2.03 bits per heavy atom. The maximum absolute atomic E-state index is 13.9. The first-order chi connectivity index (χ1) is 16.2. The Balaban J connectivity index is 1.71. The molecule has 3 amide bonds. The van der Waals surface area contributed by atoms with Gasteiger partial charge < -0.3 is 20.6 Å². The van der Waals surface area contributed by atoms with Crippen LogP contribution in [-0.4, -0.2) is 63.0 Å². The molecular weight excluding hydrogens is 474 g/mol. The summed E-state index contributed by atoms with van der Waals surface area (Å²) in [6.45, 7) is 6.92. The minimum atomic E-state index is -0.699. The molecule has 3 heterocycles. The van der Waals surface area contributed by atoms with Crippen LogP contribution in [-0.2, 0) is 14.4 Å².